The first-order valence-corrected chi connectivity index (χ1v) is 7.72. The van der Waals surface area contributed by atoms with Crippen molar-refractivity contribution in [1.29, 1.82) is 15.8 Å². The van der Waals surface area contributed by atoms with Crippen molar-refractivity contribution < 1.29 is 35.4 Å². The van der Waals surface area contributed by atoms with Gasteiger partial charge in [-0.3, -0.25) is 0 Å². The minimum Gasteiger partial charge on any atom is -0.307 e. The molecular formula is C18H33N3O3W. The van der Waals surface area contributed by atoms with Gasteiger partial charge in [0.1, 0.15) is 20.4 Å². The van der Waals surface area contributed by atoms with Gasteiger partial charge in [0, 0.05) is 40.3 Å². The van der Waals surface area contributed by atoms with Crippen LogP contribution in [-0.2, 0) is 35.4 Å². The minimum absolute atomic E-state index is 0. The monoisotopic (exact) mass is 523 g/mol. The largest absolute Gasteiger partial charge is 0.307 e. The Morgan fingerprint density at radius 1 is 0.560 bits per heavy atom. The molecule has 0 saturated heterocycles. The summed E-state index contributed by atoms with van der Waals surface area (Å²) in [7, 11) is 0. The van der Waals surface area contributed by atoms with E-state index in [0.29, 0.717) is 0 Å². The molecule has 7 heteroatoms. The summed E-state index contributed by atoms with van der Waals surface area (Å²) in [6, 6.07) is 6.21. The van der Waals surface area contributed by atoms with Gasteiger partial charge in [-0.25, -0.2) is 0 Å². The van der Waals surface area contributed by atoms with E-state index in [1.165, 1.54) is 0 Å². The van der Waals surface area contributed by atoms with Crippen LogP contribution in [0.2, 0.25) is 0 Å². The van der Waals surface area contributed by atoms with E-state index in [-0.39, 0.29) is 21.1 Å². The van der Waals surface area contributed by atoms with Crippen LogP contribution in [0.5, 0.6) is 0 Å². The second-order valence-corrected chi connectivity index (χ2v) is 3.79. The second kappa shape index (κ2) is 96.1. The summed E-state index contributed by atoms with van der Waals surface area (Å²) in [6.45, 7) is 12.2. The quantitative estimate of drug-likeness (QED) is 0.471. The van der Waals surface area contributed by atoms with E-state index in [4.69, 9.17) is 30.2 Å². The van der Waals surface area contributed by atoms with E-state index in [2.05, 4.69) is 39.0 Å². The summed E-state index contributed by atoms with van der Waals surface area (Å²) in [4.78, 5) is 24.0. The maximum atomic E-state index is 8.00. The number of nitrogens with zero attached hydrogens (tertiary/aromatic N) is 3. The fraction of sp³-hybridized carbons (Fsp3) is 0.667. The first-order valence-electron chi connectivity index (χ1n) is 7.72. The van der Waals surface area contributed by atoms with Crippen molar-refractivity contribution in [3.8, 4) is 18.2 Å². The van der Waals surface area contributed by atoms with Crippen LogP contribution >= 0.6 is 0 Å². The fourth-order valence-electron chi connectivity index (χ4n) is 0.768. The van der Waals surface area contributed by atoms with E-state index >= 15 is 0 Å². The molecule has 0 unspecified atom stereocenters. The Kier molecular flexibility index (Phi) is 167. The van der Waals surface area contributed by atoms with Crippen molar-refractivity contribution in [3.63, 3.8) is 0 Å². The van der Waals surface area contributed by atoms with E-state index in [1.807, 2.05) is 20.4 Å². The number of hydrogen-bond acceptors (Lipinski definition) is 6. The molecule has 0 fully saturated rings. The first-order chi connectivity index (χ1) is 11.7. The van der Waals surface area contributed by atoms with Crippen LogP contribution in [0.3, 0.4) is 0 Å². The maximum Gasteiger partial charge on any atom is 0.106 e. The molecule has 0 spiro atoms. The summed E-state index contributed by atoms with van der Waals surface area (Å²) in [5.41, 5.74) is 0. The van der Waals surface area contributed by atoms with Crippen molar-refractivity contribution in [2.45, 2.75) is 78.6 Å². The van der Waals surface area contributed by atoms with Gasteiger partial charge in [0.15, 0.2) is 0 Å². The molecule has 0 aromatic rings. The van der Waals surface area contributed by atoms with Crippen molar-refractivity contribution >= 4 is 20.4 Å². The predicted octanol–water partition coefficient (Wildman–Crippen LogP) is 4.54. The molecule has 0 aromatic heterocycles. The van der Waals surface area contributed by atoms with Gasteiger partial charge in [0.05, 0.1) is 18.2 Å². The molecule has 0 N–H and O–H groups in total. The Labute approximate surface area is 168 Å². The average molecular weight is 523 g/mol. The average Bonchev–Trinajstić information content (AvgIpc) is 2.68. The standard InChI is InChI=1S/3C5H9N.3CH2O.W/c3*1-2-3-4-5-6;3*1-2;/h3*2-4H2,1H3;3*1H2;. The van der Waals surface area contributed by atoms with Gasteiger partial charge in [0.25, 0.3) is 0 Å². The molecule has 0 aliphatic carbocycles. The van der Waals surface area contributed by atoms with Gasteiger partial charge in [-0.15, -0.1) is 0 Å². The number of carbonyl (C=O) groups excluding carboxylic acids is 3. The molecule has 0 atom stereocenters. The summed E-state index contributed by atoms with van der Waals surface area (Å²) in [5.74, 6) is 0. The Hall–Kier alpha value is -1.83. The van der Waals surface area contributed by atoms with Gasteiger partial charge in [-0.2, -0.15) is 15.8 Å². The molecule has 0 saturated carbocycles. The van der Waals surface area contributed by atoms with Gasteiger partial charge in [-0.1, -0.05) is 40.0 Å². The zero-order chi connectivity index (χ0) is 20.5. The summed E-state index contributed by atoms with van der Waals surface area (Å²) in [6.07, 6.45) is 8.71. The third kappa shape index (κ3) is 175. The number of carbonyl (C=O) groups is 3. The Bertz CT molecular complexity index is 250. The SMILES string of the molecule is C=O.C=O.C=O.CCCCC#N.CCCCC#N.CCCCC#N.[W]. The van der Waals surface area contributed by atoms with E-state index < -0.39 is 0 Å². The van der Waals surface area contributed by atoms with Crippen molar-refractivity contribution in [3.05, 3.63) is 0 Å². The predicted molar refractivity (Wildman–Crippen MR) is 96.8 cm³/mol. The van der Waals surface area contributed by atoms with Gasteiger partial charge >= 0.3 is 0 Å². The minimum atomic E-state index is 0. The zero-order valence-corrected chi connectivity index (χ0v) is 18.9. The molecule has 0 rings (SSSR count). The molecule has 0 heterocycles. The normalized spacial score (nSPS) is 5.76. The number of unbranched alkanes of at least 4 members (excludes halogenated alkanes) is 6. The second-order valence-electron chi connectivity index (χ2n) is 3.79. The van der Waals surface area contributed by atoms with Gasteiger partial charge < -0.3 is 14.4 Å². The van der Waals surface area contributed by atoms with Crippen molar-refractivity contribution in [2.24, 2.45) is 0 Å². The molecule has 0 bridgehead atoms. The van der Waals surface area contributed by atoms with Crippen molar-refractivity contribution in [2.75, 3.05) is 0 Å². The third-order valence-electron chi connectivity index (χ3n) is 1.93. The number of hydrogen-bond donors (Lipinski definition) is 0. The van der Waals surface area contributed by atoms with Crippen LogP contribution in [0.1, 0.15) is 78.6 Å². The smallest absolute Gasteiger partial charge is 0.106 e. The molecule has 0 aromatic carbocycles. The summed E-state index contributed by atoms with van der Waals surface area (Å²) >= 11 is 0. The first kappa shape index (κ1) is 43.6. The maximum absolute atomic E-state index is 8.00. The van der Waals surface area contributed by atoms with Crippen molar-refractivity contribution in [1.82, 2.24) is 0 Å². The molecule has 0 aliphatic heterocycles. The van der Waals surface area contributed by atoms with Crippen LogP contribution < -0.4 is 0 Å². The number of rotatable bonds is 6. The van der Waals surface area contributed by atoms with E-state index in [9.17, 15) is 0 Å². The molecule has 0 amide bonds. The Morgan fingerprint density at radius 2 is 0.720 bits per heavy atom. The molecular weight excluding hydrogens is 490 g/mol. The van der Waals surface area contributed by atoms with E-state index in [0.717, 1.165) is 57.8 Å². The van der Waals surface area contributed by atoms with Crippen LogP contribution in [0.15, 0.2) is 0 Å². The molecule has 144 valence electrons. The van der Waals surface area contributed by atoms with Gasteiger partial charge in [-0.05, 0) is 19.3 Å². The summed E-state index contributed by atoms with van der Waals surface area (Å²) < 4.78 is 0. The molecule has 0 radical (unpaired) electrons. The van der Waals surface area contributed by atoms with Crippen LogP contribution in [0.4, 0.5) is 0 Å². The Morgan fingerprint density at radius 3 is 0.760 bits per heavy atom. The van der Waals surface area contributed by atoms with Gasteiger partial charge in [0.2, 0.25) is 0 Å². The van der Waals surface area contributed by atoms with Crippen LogP contribution in [0, 0.1) is 34.0 Å². The molecule has 25 heavy (non-hydrogen) atoms. The fourth-order valence-corrected chi connectivity index (χ4v) is 0.768. The molecule has 6 nitrogen and oxygen atoms in total. The molecule has 0 aliphatic rings. The Balaban J connectivity index is -0.0000000331. The van der Waals surface area contributed by atoms with Crippen LogP contribution in [-0.4, -0.2) is 20.4 Å². The zero-order valence-electron chi connectivity index (χ0n) is 16.0. The number of nitriles is 3. The topological polar surface area (TPSA) is 123 Å². The van der Waals surface area contributed by atoms with E-state index in [1.54, 1.807) is 0 Å². The summed E-state index contributed by atoms with van der Waals surface area (Å²) in [5, 5.41) is 23.8. The third-order valence-corrected chi connectivity index (χ3v) is 1.93. The van der Waals surface area contributed by atoms with Crippen LogP contribution in [0.25, 0.3) is 0 Å².